The molecule has 2 aliphatic rings. The number of hydrogen-bond acceptors (Lipinski definition) is 7. The van der Waals surface area contributed by atoms with E-state index in [0.717, 1.165) is 12.8 Å². The Hall–Kier alpha value is -2.93. The predicted molar refractivity (Wildman–Crippen MR) is 104 cm³/mol. The van der Waals surface area contributed by atoms with Gasteiger partial charge in [0, 0.05) is 18.4 Å². The van der Waals surface area contributed by atoms with E-state index in [-0.39, 0.29) is 16.4 Å². The third-order valence-corrected chi connectivity index (χ3v) is 4.72. The molecule has 152 valence electrons. The van der Waals surface area contributed by atoms with Crippen LogP contribution in [0.3, 0.4) is 0 Å². The number of benzene rings is 2. The lowest BCUT2D eigenvalue weighted by Gasteiger charge is -2.12. The van der Waals surface area contributed by atoms with E-state index in [0.29, 0.717) is 55.0 Å². The largest absolute Gasteiger partial charge is 0.490 e. The number of carbonyl (C=O) groups excluding carboxylic acids is 2. The SMILES string of the molecule is O=C(COC(=O)c1cc(Cl)c2c(c1)OCCCO2)c1ccc2c(c1)OCCCO2. The fraction of sp³-hybridized carbons (Fsp3) is 0.333. The van der Waals surface area contributed by atoms with Gasteiger partial charge in [0.25, 0.3) is 0 Å². The zero-order chi connectivity index (χ0) is 20.2. The molecule has 0 spiro atoms. The molecule has 2 aromatic rings. The van der Waals surface area contributed by atoms with E-state index in [1.165, 1.54) is 12.1 Å². The van der Waals surface area contributed by atoms with Gasteiger partial charge in [0.2, 0.25) is 0 Å². The molecule has 0 saturated heterocycles. The first-order chi connectivity index (χ1) is 14.1. The van der Waals surface area contributed by atoms with Crippen molar-refractivity contribution < 1.29 is 33.3 Å². The molecule has 0 saturated carbocycles. The number of ether oxygens (including phenoxy) is 5. The summed E-state index contributed by atoms with van der Waals surface area (Å²) in [4.78, 5) is 24.9. The zero-order valence-corrected chi connectivity index (χ0v) is 16.3. The highest BCUT2D eigenvalue weighted by atomic mass is 35.5. The molecule has 2 heterocycles. The normalized spacial score (nSPS) is 15.1. The molecule has 0 bridgehead atoms. The molecule has 0 radical (unpaired) electrons. The van der Waals surface area contributed by atoms with E-state index >= 15 is 0 Å². The molecule has 29 heavy (non-hydrogen) atoms. The first-order valence-corrected chi connectivity index (χ1v) is 9.69. The molecule has 2 aliphatic heterocycles. The number of halogens is 1. The lowest BCUT2D eigenvalue weighted by Crippen LogP contribution is -2.14. The van der Waals surface area contributed by atoms with E-state index in [1.807, 2.05) is 0 Å². The Labute approximate surface area is 172 Å². The molecule has 0 amide bonds. The van der Waals surface area contributed by atoms with Crippen molar-refractivity contribution in [3.63, 3.8) is 0 Å². The van der Waals surface area contributed by atoms with Crippen molar-refractivity contribution in [2.75, 3.05) is 33.0 Å². The smallest absolute Gasteiger partial charge is 0.338 e. The van der Waals surface area contributed by atoms with Crippen molar-refractivity contribution in [1.82, 2.24) is 0 Å². The first-order valence-electron chi connectivity index (χ1n) is 9.31. The minimum absolute atomic E-state index is 0.186. The Morgan fingerprint density at radius 1 is 0.828 bits per heavy atom. The Morgan fingerprint density at radius 2 is 1.48 bits per heavy atom. The van der Waals surface area contributed by atoms with Gasteiger partial charge in [0.15, 0.2) is 35.4 Å². The number of ketones is 1. The number of rotatable bonds is 4. The number of esters is 1. The molecule has 7 nitrogen and oxygen atoms in total. The van der Waals surface area contributed by atoms with Gasteiger partial charge in [0.05, 0.1) is 37.0 Å². The van der Waals surface area contributed by atoms with Gasteiger partial charge in [-0.05, 0) is 30.3 Å². The Morgan fingerprint density at radius 3 is 2.28 bits per heavy atom. The number of carbonyl (C=O) groups is 2. The average molecular weight is 419 g/mol. The standard InChI is InChI=1S/C21H19ClO7/c22-15-9-14(11-19-20(15)28-8-2-7-27-19)21(24)29-12-16(23)13-3-4-17-18(10-13)26-6-1-5-25-17/h3-4,9-11H,1-2,5-8,12H2. The van der Waals surface area contributed by atoms with E-state index in [1.54, 1.807) is 18.2 Å². The molecular weight excluding hydrogens is 400 g/mol. The van der Waals surface area contributed by atoms with E-state index in [4.69, 9.17) is 35.3 Å². The molecule has 0 atom stereocenters. The summed E-state index contributed by atoms with van der Waals surface area (Å²) in [5.41, 5.74) is 0.560. The van der Waals surface area contributed by atoms with Gasteiger partial charge in [-0.15, -0.1) is 0 Å². The number of hydrogen-bond donors (Lipinski definition) is 0. The lowest BCUT2D eigenvalue weighted by molar-refractivity contribution is 0.0474. The summed E-state index contributed by atoms with van der Waals surface area (Å²) in [5, 5.41) is 0.255. The molecular formula is C21H19ClO7. The summed E-state index contributed by atoms with van der Waals surface area (Å²) in [6.07, 6.45) is 1.49. The van der Waals surface area contributed by atoms with Gasteiger partial charge >= 0.3 is 5.97 Å². The minimum Gasteiger partial charge on any atom is -0.490 e. The van der Waals surface area contributed by atoms with Gasteiger partial charge in [-0.1, -0.05) is 11.6 Å². The Kier molecular flexibility index (Phi) is 5.76. The van der Waals surface area contributed by atoms with Crippen LogP contribution in [0.5, 0.6) is 23.0 Å². The van der Waals surface area contributed by atoms with Crippen LogP contribution in [0.1, 0.15) is 33.6 Å². The summed E-state index contributed by atoms with van der Waals surface area (Å²) in [5.74, 6) is 0.868. The second-order valence-corrected chi connectivity index (χ2v) is 6.95. The van der Waals surface area contributed by atoms with Crippen LogP contribution in [0.2, 0.25) is 5.02 Å². The predicted octanol–water partition coefficient (Wildman–Crippen LogP) is 3.70. The monoisotopic (exact) mass is 418 g/mol. The summed E-state index contributed by atoms with van der Waals surface area (Å²) >= 11 is 6.20. The molecule has 0 N–H and O–H groups in total. The third-order valence-electron chi connectivity index (χ3n) is 4.44. The Bertz CT molecular complexity index is 941. The first kappa shape index (κ1) is 19.4. The molecule has 0 fully saturated rings. The summed E-state index contributed by atoms with van der Waals surface area (Å²) in [6.45, 7) is 1.62. The second-order valence-electron chi connectivity index (χ2n) is 6.55. The molecule has 0 unspecified atom stereocenters. The van der Waals surface area contributed by atoms with Crippen LogP contribution in [-0.4, -0.2) is 44.8 Å². The maximum Gasteiger partial charge on any atom is 0.338 e. The van der Waals surface area contributed by atoms with Crippen LogP contribution in [-0.2, 0) is 4.74 Å². The van der Waals surface area contributed by atoms with Crippen LogP contribution in [0.15, 0.2) is 30.3 Å². The number of Topliss-reactive ketones (excluding diaryl/α,β-unsaturated/α-hetero) is 1. The summed E-state index contributed by atoms with van der Waals surface area (Å²) in [7, 11) is 0. The highest BCUT2D eigenvalue weighted by Gasteiger charge is 2.20. The van der Waals surface area contributed by atoms with Gasteiger partial charge in [-0.25, -0.2) is 4.79 Å². The van der Waals surface area contributed by atoms with Gasteiger partial charge in [-0.3, -0.25) is 4.79 Å². The summed E-state index contributed by atoms with van der Waals surface area (Å²) < 4.78 is 27.4. The third kappa shape index (κ3) is 4.40. The fourth-order valence-corrected chi connectivity index (χ4v) is 3.25. The van der Waals surface area contributed by atoms with Crippen molar-refractivity contribution in [1.29, 1.82) is 0 Å². The van der Waals surface area contributed by atoms with Crippen LogP contribution in [0.4, 0.5) is 0 Å². The van der Waals surface area contributed by atoms with Gasteiger partial charge in [-0.2, -0.15) is 0 Å². The van der Waals surface area contributed by atoms with Crippen LogP contribution < -0.4 is 18.9 Å². The molecule has 4 rings (SSSR count). The lowest BCUT2D eigenvalue weighted by atomic mass is 10.1. The van der Waals surface area contributed by atoms with Crippen molar-refractivity contribution in [2.45, 2.75) is 12.8 Å². The zero-order valence-electron chi connectivity index (χ0n) is 15.6. The van der Waals surface area contributed by atoms with Crippen molar-refractivity contribution >= 4 is 23.4 Å². The van der Waals surface area contributed by atoms with Crippen LogP contribution >= 0.6 is 11.6 Å². The Balaban J connectivity index is 1.43. The molecule has 8 heteroatoms. The van der Waals surface area contributed by atoms with Crippen molar-refractivity contribution in [3.8, 4) is 23.0 Å². The second kappa shape index (κ2) is 8.61. The molecule has 2 aromatic carbocycles. The van der Waals surface area contributed by atoms with Crippen LogP contribution in [0, 0.1) is 0 Å². The maximum absolute atomic E-state index is 12.5. The quantitative estimate of drug-likeness (QED) is 0.553. The van der Waals surface area contributed by atoms with Crippen LogP contribution in [0.25, 0.3) is 0 Å². The fourth-order valence-electron chi connectivity index (χ4n) is 2.98. The maximum atomic E-state index is 12.5. The van der Waals surface area contributed by atoms with Crippen molar-refractivity contribution in [3.05, 3.63) is 46.5 Å². The highest BCUT2D eigenvalue weighted by molar-refractivity contribution is 6.32. The molecule has 0 aliphatic carbocycles. The molecule has 0 aromatic heterocycles. The van der Waals surface area contributed by atoms with Crippen molar-refractivity contribution in [2.24, 2.45) is 0 Å². The van der Waals surface area contributed by atoms with E-state index in [2.05, 4.69) is 0 Å². The van der Waals surface area contributed by atoms with E-state index in [9.17, 15) is 9.59 Å². The highest BCUT2D eigenvalue weighted by Crippen LogP contribution is 2.38. The van der Waals surface area contributed by atoms with Gasteiger partial charge < -0.3 is 23.7 Å². The van der Waals surface area contributed by atoms with Gasteiger partial charge in [0.1, 0.15) is 0 Å². The topological polar surface area (TPSA) is 80.3 Å². The number of fused-ring (bicyclic) bond motifs is 2. The van der Waals surface area contributed by atoms with E-state index < -0.39 is 12.6 Å². The average Bonchev–Trinajstić information content (AvgIpc) is 3.11. The minimum atomic E-state index is -0.676. The summed E-state index contributed by atoms with van der Waals surface area (Å²) in [6, 6.07) is 7.84.